The van der Waals surface area contributed by atoms with Crippen molar-refractivity contribution < 1.29 is 32.2 Å². The van der Waals surface area contributed by atoms with E-state index in [0.29, 0.717) is 13.1 Å². The van der Waals surface area contributed by atoms with Crippen molar-refractivity contribution in [2.24, 2.45) is 11.8 Å². The van der Waals surface area contributed by atoms with Gasteiger partial charge >= 0.3 is 12.1 Å². The van der Waals surface area contributed by atoms with Crippen LogP contribution in [-0.4, -0.2) is 54.2 Å². The maximum Gasteiger partial charge on any atom is 0.422 e. The molecule has 0 aliphatic heterocycles. The molecule has 0 aliphatic carbocycles. The Morgan fingerprint density at radius 1 is 1.11 bits per heavy atom. The van der Waals surface area contributed by atoms with E-state index in [-0.39, 0.29) is 29.2 Å². The van der Waals surface area contributed by atoms with Crippen LogP contribution < -0.4 is 4.74 Å². The minimum Gasteiger partial charge on any atom is -0.468 e. The lowest BCUT2D eigenvalue weighted by Crippen LogP contribution is -2.39. The molecule has 1 amide bonds. The van der Waals surface area contributed by atoms with Crippen molar-refractivity contribution >= 4 is 11.9 Å². The second kappa shape index (κ2) is 10.1. The second-order valence-corrected chi connectivity index (χ2v) is 6.95. The molecular weight excluding hydrogens is 365 g/mol. The maximum atomic E-state index is 12.3. The first kappa shape index (κ1) is 22.7. The molecule has 152 valence electrons. The summed E-state index contributed by atoms with van der Waals surface area (Å²) in [7, 11) is 0. The Morgan fingerprint density at radius 2 is 1.70 bits per heavy atom. The minimum atomic E-state index is -4.47. The average Bonchev–Trinajstić information content (AvgIpc) is 2.56. The molecule has 0 saturated heterocycles. The molecule has 1 aromatic rings. The molecule has 0 spiro atoms. The number of rotatable bonds is 9. The molecule has 1 heterocycles. The number of esters is 1. The zero-order valence-corrected chi connectivity index (χ0v) is 15.9. The van der Waals surface area contributed by atoms with Crippen molar-refractivity contribution in [3.63, 3.8) is 0 Å². The van der Waals surface area contributed by atoms with E-state index < -0.39 is 25.4 Å². The lowest BCUT2D eigenvalue weighted by molar-refractivity contribution is -0.154. The first-order valence-corrected chi connectivity index (χ1v) is 8.58. The molecule has 6 nitrogen and oxygen atoms in total. The number of pyridine rings is 1. The van der Waals surface area contributed by atoms with Crippen LogP contribution in [0.4, 0.5) is 13.2 Å². The largest absolute Gasteiger partial charge is 0.468 e. The summed E-state index contributed by atoms with van der Waals surface area (Å²) in [5.41, 5.74) is 0.0152. The van der Waals surface area contributed by atoms with Gasteiger partial charge in [0.05, 0.1) is 5.56 Å². The first-order valence-electron chi connectivity index (χ1n) is 8.58. The Hall–Kier alpha value is -2.32. The lowest BCUT2D eigenvalue weighted by Gasteiger charge is -2.26. The van der Waals surface area contributed by atoms with Gasteiger partial charge in [-0.2, -0.15) is 13.2 Å². The van der Waals surface area contributed by atoms with E-state index in [2.05, 4.69) is 9.72 Å². The Kier molecular flexibility index (Phi) is 8.52. The number of hydrogen-bond acceptors (Lipinski definition) is 5. The van der Waals surface area contributed by atoms with Gasteiger partial charge in [0, 0.05) is 25.4 Å². The minimum absolute atomic E-state index is 0.0152. The third-order valence-electron chi connectivity index (χ3n) is 3.21. The molecule has 0 N–H and O–H groups in total. The smallest absolute Gasteiger partial charge is 0.422 e. The van der Waals surface area contributed by atoms with Gasteiger partial charge in [-0.25, -0.2) is 9.78 Å². The van der Waals surface area contributed by atoms with Gasteiger partial charge < -0.3 is 14.4 Å². The number of amides is 1. The topological polar surface area (TPSA) is 68.7 Å². The number of halogens is 3. The van der Waals surface area contributed by atoms with Gasteiger partial charge in [-0.15, -0.1) is 0 Å². The van der Waals surface area contributed by atoms with Crippen LogP contribution in [0.25, 0.3) is 0 Å². The standard InChI is InChI=1S/C18H25F3N2O4/c1-12(2)8-23(9-13(3)4)16(24)10-26-17(25)14-5-6-15(22-7-14)27-11-18(19,20)21/h5-7,12-13H,8-11H2,1-4H3. The Morgan fingerprint density at radius 3 is 2.15 bits per heavy atom. The Labute approximate surface area is 156 Å². The Bertz CT molecular complexity index is 606. The van der Waals surface area contributed by atoms with Crippen molar-refractivity contribution in [3.8, 4) is 5.88 Å². The maximum absolute atomic E-state index is 12.3. The Balaban J connectivity index is 2.58. The summed E-state index contributed by atoms with van der Waals surface area (Å²) in [6, 6.07) is 2.36. The van der Waals surface area contributed by atoms with Crippen LogP contribution in [0.1, 0.15) is 38.1 Å². The summed E-state index contributed by atoms with van der Waals surface area (Å²) < 4.78 is 45.7. The number of carbonyl (C=O) groups is 2. The van der Waals surface area contributed by atoms with E-state index in [9.17, 15) is 22.8 Å². The van der Waals surface area contributed by atoms with Crippen molar-refractivity contribution in [2.45, 2.75) is 33.9 Å². The van der Waals surface area contributed by atoms with Gasteiger partial charge in [0.1, 0.15) is 0 Å². The van der Waals surface area contributed by atoms with Crippen LogP contribution in [0.2, 0.25) is 0 Å². The highest BCUT2D eigenvalue weighted by atomic mass is 19.4. The fourth-order valence-electron chi connectivity index (χ4n) is 2.20. The predicted octanol–water partition coefficient (Wildman–Crippen LogP) is 3.32. The van der Waals surface area contributed by atoms with Crippen molar-refractivity contribution in [3.05, 3.63) is 23.9 Å². The molecule has 0 atom stereocenters. The number of nitrogens with zero attached hydrogens (tertiary/aromatic N) is 2. The molecular formula is C18H25F3N2O4. The highest BCUT2D eigenvalue weighted by molar-refractivity contribution is 5.91. The molecule has 0 aliphatic rings. The summed E-state index contributed by atoms with van der Waals surface area (Å²) >= 11 is 0. The summed E-state index contributed by atoms with van der Waals surface area (Å²) in [4.78, 5) is 29.6. The SMILES string of the molecule is CC(C)CN(CC(C)C)C(=O)COC(=O)c1ccc(OCC(F)(F)F)nc1. The molecule has 9 heteroatoms. The van der Waals surface area contributed by atoms with E-state index in [0.717, 1.165) is 12.3 Å². The lowest BCUT2D eigenvalue weighted by atomic mass is 10.1. The summed E-state index contributed by atoms with van der Waals surface area (Å²) in [5.74, 6) is -0.801. The molecule has 0 saturated carbocycles. The normalized spacial score (nSPS) is 11.6. The summed E-state index contributed by atoms with van der Waals surface area (Å²) in [5, 5.41) is 0. The number of carbonyl (C=O) groups excluding carboxylic acids is 2. The second-order valence-electron chi connectivity index (χ2n) is 6.95. The van der Waals surface area contributed by atoms with Gasteiger partial charge in [-0.3, -0.25) is 4.79 Å². The van der Waals surface area contributed by atoms with Crippen molar-refractivity contribution in [1.82, 2.24) is 9.88 Å². The van der Waals surface area contributed by atoms with Crippen LogP contribution in [0.5, 0.6) is 5.88 Å². The van der Waals surface area contributed by atoms with E-state index in [1.807, 2.05) is 27.7 Å². The van der Waals surface area contributed by atoms with Gasteiger partial charge in [-0.1, -0.05) is 27.7 Å². The molecule has 0 bridgehead atoms. The highest BCUT2D eigenvalue weighted by Crippen LogP contribution is 2.17. The fraction of sp³-hybridized carbons (Fsp3) is 0.611. The quantitative estimate of drug-likeness (QED) is 0.605. The molecule has 27 heavy (non-hydrogen) atoms. The van der Waals surface area contributed by atoms with Crippen LogP contribution >= 0.6 is 0 Å². The summed E-state index contributed by atoms with van der Waals surface area (Å²) in [6.07, 6.45) is -3.43. The molecule has 0 fully saturated rings. The van der Waals surface area contributed by atoms with Crippen LogP contribution in [0.15, 0.2) is 18.3 Å². The fourth-order valence-corrected chi connectivity index (χ4v) is 2.20. The zero-order chi connectivity index (χ0) is 20.6. The van der Waals surface area contributed by atoms with Gasteiger partial charge in [0.25, 0.3) is 5.91 Å². The van der Waals surface area contributed by atoms with Crippen LogP contribution in [-0.2, 0) is 9.53 Å². The van der Waals surface area contributed by atoms with E-state index in [4.69, 9.17) is 4.74 Å². The predicted molar refractivity (Wildman–Crippen MR) is 92.3 cm³/mol. The van der Waals surface area contributed by atoms with Crippen LogP contribution in [0, 0.1) is 11.8 Å². The van der Waals surface area contributed by atoms with Gasteiger partial charge in [0.2, 0.25) is 5.88 Å². The van der Waals surface area contributed by atoms with Crippen LogP contribution in [0.3, 0.4) is 0 Å². The summed E-state index contributed by atoms with van der Waals surface area (Å²) in [6.45, 7) is 7.18. The molecule has 0 aromatic carbocycles. The zero-order valence-electron chi connectivity index (χ0n) is 15.9. The molecule has 1 aromatic heterocycles. The molecule has 0 unspecified atom stereocenters. The third kappa shape index (κ3) is 9.25. The van der Waals surface area contributed by atoms with E-state index >= 15 is 0 Å². The number of aromatic nitrogens is 1. The highest BCUT2D eigenvalue weighted by Gasteiger charge is 2.28. The van der Waals surface area contributed by atoms with Gasteiger partial charge in [-0.05, 0) is 17.9 Å². The van der Waals surface area contributed by atoms with Crippen molar-refractivity contribution in [1.29, 1.82) is 0 Å². The number of ether oxygens (including phenoxy) is 2. The van der Waals surface area contributed by atoms with E-state index in [1.54, 1.807) is 4.90 Å². The number of hydrogen-bond donors (Lipinski definition) is 0. The monoisotopic (exact) mass is 390 g/mol. The number of alkyl halides is 3. The average molecular weight is 390 g/mol. The third-order valence-corrected chi connectivity index (χ3v) is 3.21. The van der Waals surface area contributed by atoms with E-state index in [1.165, 1.54) is 6.07 Å². The first-order chi connectivity index (χ1) is 12.5. The van der Waals surface area contributed by atoms with Gasteiger partial charge in [0.15, 0.2) is 13.2 Å². The van der Waals surface area contributed by atoms with Crippen molar-refractivity contribution in [2.75, 3.05) is 26.3 Å². The molecule has 0 radical (unpaired) electrons. The molecule has 1 rings (SSSR count).